The predicted octanol–water partition coefficient (Wildman–Crippen LogP) is 2.51. The summed E-state index contributed by atoms with van der Waals surface area (Å²) in [6, 6.07) is 0.624. The van der Waals surface area contributed by atoms with E-state index in [4.69, 9.17) is 16.7 Å². The monoisotopic (exact) mass is 225 g/mol. The number of rotatable bonds is 2. The molecule has 7 heteroatoms. The summed E-state index contributed by atoms with van der Waals surface area (Å²) in [4.78, 5) is 13.1. The zero-order valence-corrected chi connectivity index (χ0v) is 7.23. The number of alkyl halides is 2. The maximum Gasteiger partial charge on any atom is 0.341 e. The quantitative estimate of drug-likeness (QED) is 0.787. The third-order valence-corrected chi connectivity index (χ3v) is 1.68. The van der Waals surface area contributed by atoms with E-state index in [2.05, 4.69) is 4.98 Å². The maximum atomic E-state index is 12.8. The summed E-state index contributed by atoms with van der Waals surface area (Å²) in [5.41, 5.74) is -1.80. The van der Waals surface area contributed by atoms with Crippen molar-refractivity contribution in [2.75, 3.05) is 0 Å². The molecule has 0 bridgehead atoms. The number of hydrogen-bond donors (Lipinski definition) is 1. The van der Waals surface area contributed by atoms with E-state index >= 15 is 0 Å². The van der Waals surface area contributed by atoms with Crippen LogP contribution in [0.1, 0.15) is 22.5 Å². The minimum Gasteiger partial charge on any atom is -0.477 e. The highest BCUT2D eigenvalue weighted by Gasteiger charge is 2.20. The first-order valence-electron chi connectivity index (χ1n) is 3.31. The number of aromatic nitrogens is 1. The standard InChI is InChI=1S/C7H3ClF3NO2/c8-2-1-3(5(9)10)12-6(11)4(2)7(13)14/h1,5H,(H,13,14). The summed E-state index contributed by atoms with van der Waals surface area (Å²) in [5, 5.41) is 7.83. The molecule has 1 heterocycles. The first-order valence-corrected chi connectivity index (χ1v) is 3.68. The van der Waals surface area contributed by atoms with Gasteiger partial charge in [0.05, 0.1) is 5.02 Å². The number of hydrogen-bond acceptors (Lipinski definition) is 2. The third kappa shape index (κ3) is 1.95. The molecule has 0 aliphatic heterocycles. The van der Waals surface area contributed by atoms with Crippen molar-refractivity contribution in [2.45, 2.75) is 6.43 Å². The summed E-state index contributed by atoms with van der Waals surface area (Å²) in [7, 11) is 0. The second-order valence-electron chi connectivity index (χ2n) is 2.30. The number of carbonyl (C=O) groups is 1. The molecule has 0 fully saturated rings. The van der Waals surface area contributed by atoms with Gasteiger partial charge in [0.15, 0.2) is 0 Å². The van der Waals surface area contributed by atoms with Crippen LogP contribution in [0.2, 0.25) is 5.02 Å². The molecule has 0 radical (unpaired) electrons. The molecule has 0 spiro atoms. The molecular weight excluding hydrogens is 223 g/mol. The second-order valence-corrected chi connectivity index (χ2v) is 2.71. The van der Waals surface area contributed by atoms with Crippen LogP contribution in [0.3, 0.4) is 0 Å². The van der Waals surface area contributed by atoms with Gasteiger partial charge in [-0.05, 0) is 6.07 Å². The molecule has 0 atom stereocenters. The van der Waals surface area contributed by atoms with Crippen molar-refractivity contribution >= 4 is 17.6 Å². The predicted molar refractivity (Wildman–Crippen MR) is 41.1 cm³/mol. The molecule has 0 saturated heterocycles. The van der Waals surface area contributed by atoms with E-state index in [-0.39, 0.29) is 0 Å². The fourth-order valence-corrected chi connectivity index (χ4v) is 1.07. The minimum absolute atomic E-state index is 0.597. The molecule has 1 aromatic heterocycles. The summed E-state index contributed by atoms with van der Waals surface area (Å²) in [6.07, 6.45) is -3.00. The van der Waals surface area contributed by atoms with Crippen molar-refractivity contribution < 1.29 is 23.1 Å². The van der Waals surface area contributed by atoms with Crippen LogP contribution in [-0.2, 0) is 0 Å². The summed E-state index contributed by atoms with van der Waals surface area (Å²) in [5.74, 6) is -3.17. The lowest BCUT2D eigenvalue weighted by molar-refractivity contribution is 0.0689. The Kier molecular flexibility index (Phi) is 2.95. The van der Waals surface area contributed by atoms with Crippen molar-refractivity contribution in [3.05, 3.63) is 28.3 Å². The van der Waals surface area contributed by atoms with Gasteiger partial charge in [0.25, 0.3) is 6.43 Å². The number of carboxylic acid groups (broad SMARTS) is 1. The van der Waals surface area contributed by atoms with Gasteiger partial charge in [0, 0.05) is 0 Å². The number of pyridine rings is 1. The topological polar surface area (TPSA) is 50.2 Å². The Morgan fingerprint density at radius 1 is 1.57 bits per heavy atom. The van der Waals surface area contributed by atoms with Crippen molar-refractivity contribution in [3.8, 4) is 0 Å². The number of halogens is 4. The van der Waals surface area contributed by atoms with Gasteiger partial charge in [-0.25, -0.2) is 18.6 Å². The molecule has 1 aromatic rings. The van der Waals surface area contributed by atoms with Crippen molar-refractivity contribution in [1.82, 2.24) is 4.98 Å². The van der Waals surface area contributed by atoms with Crippen LogP contribution >= 0.6 is 11.6 Å². The summed E-state index contributed by atoms with van der Waals surface area (Å²) >= 11 is 5.28. The minimum atomic E-state index is -3.00. The Labute approximate surface area is 81.1 Å². The SMILES string of the molecule is O=C(O)c1c(Cl)cc(C(F)F)nc1F. The molecule has 0 aliphatic rings. The van der Waals surface area contributed by atoms with Crippen LogP contribution in [0, 0.1) is 5.95 Å². The molecule has 0 amide bonds. The maximum absolute atomic E-state index is 12.8. The van der Waals surface area contributed by atoms with Gasteiger partial charge in [-0.15, -0.1) is 0 Å². The average molecular weight is 226 g/mol. The fraction of sp³-hybridized carbons (Fsp3) is 0.143. The zero-order chi connectivity index (χ0) is 10.9. The molecule has 0 unspecified atom stereocenters. The first-order chi connectivity index (χ1) is 6.43. The van der Waals surface area contributed by atoms with Gasteiger partial charge in [0.2, 0.25) is 5.95 Å². The van der Waals surface area contributed by atoms with E-state index in [0.717, 1.165) is 0 Å². The lowest BCUT2D eigenvalue weighted by Crippen LogP contribution is -2.06. The first kappa shape index (κ1) is 10.8. The van der Waals surface area contributed by atoms with Crippen molar-refractivity contribution in [1.29, 1.82) is 0 Å². The Morgan fingerprint density at radius 3 is 2.50 bits per heavy atom. The van der Waals surface area contributed by atoms with Gasteiger partial charge in [-0.1, -0.05) is 11.6 Å². The molecule has 1 N–H and O–H groups in total. The Hall–Kier alpha value is -1.30. The van der Waals surface area contributed by atoms with Crippen LogP contribution < -0.4 is 0 Å². The fourth-order valence-electron chi connectivity index (χ4n) is 0.804. The lowest BCUT2D eigenvalue weighted by Gasteiger charge is -2.03. The van der Waals surface area contributed by atoms with Crippen LogP contribution in [0.4, 0.5) is 13.2 Å². The van der Waals surface area contributed by atoms with Gasteiger partial charge < -0.3 is 5.11 Å². The van der Waals surface area contributed by atoms with E-state index in [0.29, 0.717) is 6.07 Å². The largest absolute Gasteiger partial charge is 0.477 e. The Morgan fingerprint density at radius 2 is 2.14 bits per heavy atom. The van der Waals surface area contributed by atoms with E-state index in [9.17, 15) is 18.0 Å². The molecule has 3 nitrogen and oxygen atoms in total. The van der Waals surface area contributed by atoms with Crippen LogP contribution in [-0.4, -0.2) is 16.1 Å². The number of nitrogens with zero attached hydrogens (tertiary/aromatic N) is 1. The number of aromatic carboxylic acids is 1. The van der Waals surface area contributed by atoms with Gasteiger partial charge in [-0.2, -0.15) is 4.39 Å². The van der Waals surface area contributed by atoms with Crippen LogP contribution in [0.5, 0.6) is 0 Å². The summed E-state index contributed by atoms with van der Waals surface area (Å²) < 4.78 is 36.9. The van der Waals surface area contributed by atoms with Crippen molar-refractivity contribution in [2.24, 2.45) is 0 Å². The summed E-state index contributed by atoms with van der Waals surface area (Å²) in [6.45, 7) is 0. The van der Waals surface area contributed by atoms with E-state index in [1.807, 2.05) is 0 Å². The van der Waals surface area contributed by atoms with Gasteiger partial charge >= 0.3 is 5.97 Å². The molecule has 1 rings (SSSR count). The van der Waals surface area contributed by atoms with Gasteiger partial charge in [0.1, 0.15) is 11.3 Å². The highest BCUT2D eigenvalue weighted by atomic mass is 35.5. The molecule has 14 heavy (non-hydrogen) atoms. The van der Waals surface area contributed by atoms with Crippen LogP contribution in [0.15, 0.2) is 6.07 Å². The van der Waals surface area contributed by atoms with E-state index in [1.165, 1.54) is 0 Å². The number of carboxylic acids is 1. The average Bonchev–Trinajstić information content (AvgIpc) is 2.01. The highest BCUT2D eigenvalue weighted by molar-refractivity contribution is 6.33. The Balaban J connectivity index is 3.32. The molecule has 76 valence electrons. The zero-order valence-electron chi connectivity index (χ0n) is 6.47. The molecule has 0 saturated carbocycles. The molecular formula is C7H3ClF3NO2. The highest BCUT2D eigenvalue weighted by Crippen LogP contribution is 2.24. The molecule has 0 aliphatic carbocycles. The van der Waals surface area contributed by atoms with Crippen LogP contribution in [0.25, 0.3) is 0 Å². The van der Waals surface area contributed by atoms with E-state index < -0.39 is 34.6 Å². The lowest BCUT2D eigenvalue weighted by atomic mass is 10.2. The third-order valence-electron chi connectivity index (χ3n) is 1.38. The van der Waals surface area contributed by atoms with Crippen molar-refractivity contribution in [3.63, 3.8) is 0 Å². The normalized spacial score (nSPS) is 10.6. The smallest absolute Gasteiger partial charge is 0.341 e. The van der Waals surface area contributed by atoms with E-state index in [1.54, 1.807) is 0 Å². The Bertz CT molecular complexity index is 360. The molecule has 0 aromatic carbocycles. The second kappa shape index (κ2) is 3.83. The van der Waals surface area contributed by atoms with Gasteiger partial charge in [-0.3, -0.25) is 0 Å².